The van der Waals surface area contributed by atoms with E-state index < -0.39 is 30.1 Å². The maximum absolute atomic E-state index is 12.5. The third-order valence-corrected chi connectivity index (χ3v) is 5.34. The van der Waals surface area contributed by atoms with E-state index in [9.17, 15) is 14.4 Å². The molecule has 0 saturated carbocycles. The molecular formula is C25H26N2O5. The van der Waals surface area contributed by atoms with E-state index in [1.165, 1.54) is 0 Å². The van der Waals surface area contributed by atoms with Crippen molar-refractivity contribution in [3.63, 3.8) is 0 Å². The summed E-state index contributed by atoms with van der Waals surface area (Å²) >= 11 is 0. The van der Waals surface area contributed by atoms with E-state index in [1.807, 2.05) is 36.4 Å². The molecule has 0 radical (unpaired) electrons. The number of amides is 2. The Morgan fingerprint density at radius 1 is 1.09 bits per heavy atom. The summed E-state index contributed by atoms with van der Waals surface area (Å²) in [5.74, 6) is 0.588. The highest BCUT2D eigenvalue weighted by atomic mass is 16.5. The molecule has 2 N–H and O–H groups in total. The van der Waals surface area contributed by atoms with Gasteiger partial charge in [-0.15, -0.1) is 6.42 Å². The molecule has 0 aromatic heterocycles. The molecule has 0 saturated heterocycles. The van der Waals surface area contributed by atoms with E-state index in [2.05, 4.69) is 23.4 Å². The number of carboxylic acids is 1. The Balaban J connectivity index is 1.61. The van der Waals surface area contributed by atoms with Gasteiger partial charge in [0.15, 0.2) is 0 Å². The van der Waals surface area contributed by atoms with Crippen LogP contribution in [-0.4, -0.2) is 53.2 Å². The molecule has 0 aliphatic heterocycles. The van der Waals surface area contributed by atoms with Crippen LogP contribution >= 0.6 is 0 Å². The largest absolute Gasteiger partial charge is 0.480 e. The molecule has 0 spiro atoms. The Hall–Kier alpha value is -3.79. The van der Waals surface area contributed by atoms with Gasteiger partial charge in [-0.1, -0.05) is 54.5 Å². The monoisotopic (exact) mass is 434 g/mol. The summed E-state index contributed by atoms with van der Waals surface area (Å²) in [4.78, 5) is 37.0. The minimum absolute atomic E-state index is 0.0698. The van der Waals surface area contributed by atoms with Gasteiger partial charge in [0.25, 0.3) is 0 Å². The molecule has 2 amide bonds. The molecule has 7 nitrogen and oxygen atoms in total. The number of nitrogens with one attached hydrogen (secondary N) is 1. The van der Waals surface area contributed by atoms with Crippen LogP contribution in [0.5, 0.6) is 0 Å². The van der Waals surface area contributed by atoms with Crippen LogP contribution in [0, 0.1) is 12.3 Å². The maximum Gasteiger partial charge on any atom is 0.407 e. The highest BCUT2D eigenvalue weighted by Gasteiger charge is 2.31. The molecule has 0 unspecified atom stereocenters. The number of hydrogen-bond acceptors (Lipinski definition) is 4. The number of carbonyl (C=O) groups excluding carboxylic acids is 2. The van der Waals surface area contributed by atoms with Crippen molar-refractivity contribution in [1.29, 1.82) is 0 Å². The first-order valence-corrected chi connectivity index (χ1v) is 10.3. The molecule has 166 valence electrons. The highest BCUT2D eigenvalue weighted by molar-refractivity contribution is 5.83. The molecule has 0 atom stereocenters. The average molecular weight is 434 g/mol. The van der Waals surface area contributed by atoms with Crippen LogP contribution in [0.2, 0.25) is 0 Å². The normalized spacial score (nSPS) is 12.3. The summed E-state index contributed by atoms with van der Waals surface area (Å²) < 4.78 is 5.53. The number of ether oxygens (including phenoxy) is 1. The predicted octanol–water partition coefficient (Wildman–Crippen LogP) is 3.24. The Morgan fingerprint density at radius 3 is 2.19 bits per heavy atom. The first-order valence-electron chi connectivity index (χ1n) is 10.3. The Labute approximate surface area is 187 Å². The first-order chi connectivity index (χ1) is 15.2. The van der Waals surface area contributed by atoms with E-state index in [0.717, 1.165) is 27.2 Å². The lowest BCUT2D eigenvalue weighted by Crippen LogP contribution is -2.48. The van der Waals surface area contributed by atoms with E-state index in [4.69, 9.17) is 16.3 Å². The summed E-state index contributed by atoms with van der Waals surface area (Å²) in [6.07, 6.45) is 4.46. The van der Waals surface area contributed by atoms with E-state index >= 15 is 0 Å². The lowest BCUT2D eigenvalue weighted by Gasteiger charge is -2.28. The van der Waals surface area contributed by atoms with E-state index in [1.54, 1.807) is 13.8 Å². The van der Waals surface area contributed by atoms with Crippen LogP contribution in [0.25, 0.3) is 11.1 Å². The number of alkyl carbamates (subject to hydrolysis) is 1. The first kappa shape index (κ1) is 22.9. The van der Waals surface area contributed by atoms with Crippen LogP contribution in [0.1, 0.15) is 37.3 Å². The van der Waals surface area contributed by atoms with E-state index in [0.29, 0.717) is 0 Å². The van der Waals surface area contributed by atoms with Crippen molar-refractivity contribution >= 4 is 18.0 Å². The predicted molar refractivity (Wildman–Crippen MR) is 120 cm³/mol. The van der Waals surface area contributed by atoms with Crippen molar-refractivity contribution in [2.75, 3.05) is 19.7 Å². The molecule has 0 bridgehead atoms. The van der Waals surface area contributed by atoms with Crippen molar-refractivity contribution in [1.82, 2.24) is 10.2 Å². The van der Waals surface area contributed by atoms with Crippen LogP contribution in [0.4, 0.5) is 4.79 Å². The summed E-state index contributed by atoms with van der Waals surface area (Å²) in [5.41, 5.74) is 3.53. The zero-order valence-corrected chi connectivity index (χ0v) is 18.1. The summed E-state index contributed by atoms with van der Waals surface area (Å²) in [6.45, 7) is 2.88. The van der Waals surface area contributed by atoms with Gasteiger partial charge < -0.3 is 20.1 Å². The lowest BCUT2D eigenvalue weighted by molar-refractivity contribution is -0.144. The number of hydrogen-bond donors (Lipinski definition) is 2. The number of carbonyl (C=O) groups is 3. The minimum Gasteiger partial charge on any atom is -0.480 e. The maximum atomic E-state index is 12.5. The van der Waals surface area contributed by atoms with Gasteiger partial charge in [-0.3, -0.25) is 9.59 Å². The summed E-state index contributed by atoms with van der Waals surface area (Å²) in [6, 6.07) is 16.1. The topological polar surface area (TPSA) is 95.9 Å². The number of terminal acetylenes is 1. The molecule has 1 aliphatic carbocycles. The van der Waals surface area contributed by atoms with Crippen LogP contribution in [0.3, 0.4) is 0 Å². The zero-order valence-electron chi connectivity index (χ0n) is 18.1. The second kappa shape index (κ2) is 9.56. The number of benzene rings is 2. The van der Waals surface area contributed by atoms with Crippen molar-refractivity contribution in [2.45, 2.75) is 31.7 Å². The number of fused-ring (bicyclic) bond motifs is 3. The second-order valence-corrected chi connectivity index (χ2v) is 8.36. The molecule has 2 aromatic rings. The second-order valence-electron chi connectivity index (χ2n) is 8.36. The zero-order chi connectivity index (χ0) is 23.3. The highest BCUT2D eigenvalue weighted by Crippen LogP contribution is 2.44. The van der Waals surface area contributed by atoms with Crippen molar-refractivity contribution in [3.05, 3.63) is 59.7 Å². The molecule has 1 aliphatic rings. The number of nitrogens with zero attached hydrogens (tertiary/aromatic N) is 1. The third-order valence-electron chi connectivity index (χ3n) is 5.34. The fourth-order valence-corrected chi connectivity index (χ4v) is 3.95. The van der Waals surface area contributed by atoms with Crippen LogP contribution in [-0.2, 0) is 14.3 Å². The van der Waals surface area contributed by atoms with Crippen LogP contribution < -0.4 is 5.32 Å². The van der Waals surface area contributed by atoms with Gasteiger partial charge in [0.1, 0.15) is 13.2 Å². The van der Waals surface area contributed by atoms with Gasteiger partial charge in [0.2, 0.25) is 5.91 Å². The SMILES string of the molecule is C#CCN(CC(=O)O)C(=O)CC(C)(C)NC(=O)OCC1c2ccccc2-c2ccccc21. The molecule has 0 fully saturated rings. The van der Waals surface area contributed by atoms with E-state index in [-0.39, 0.29) is 25.5 Å². The molecule has 32 heavy (non-hydrogen) atoms. The fraction of sp³-hybridized carbons (Fsp3) is 0.320. The molecule has 0 heterocycles. The lowest BCUT2D eigenvalue weighted by atomic mass is 9.98. The van der Waals surface area contributed by atoms with Crippen molar-refractivity contribution in [2.24, 2.45) is 0 Å². The fourth-order valence-electron chi connectivity index (χ4n) is 3.95. The summed E-state index contributed by atoms with van der Waals surface area (Å²) in [5, 5.41) is 11.7. The number of rotatable bonds is 8. The van der Waals surface area contributed by atoms with Gasteiger partial charge in [0, 0.05) is 17.9 Å². The Kier molecular flexibility index (Phi) is 6.84. The van der Waals surface area contributed by atoms with Gasteiger partial charge in [-0.05, 0) is 36.1 Å². The number of carboxylic acid groups (broad SMARTS) is 1. The Bertz CT molecular complexity index is 1020. The van der Waals surface area contributed by atoms with Gasteiger partial charge in [-0.2, -0.15) is 0 Å². The Morgan fingerprint density at radius 2 is 1.66 bits per heavy atom. The minimum atomic E-state index is -1.16. The van der Waals surface area contributed by atoms with Gasteiger partial charge >= 0.3 is 12.1 Å². The summed E-state index contributed by atoms with van der Waals surface area (Å²) in [7, 11) is 0. The van der Waals surface area contributed by atoms with Crippen molar-refractivity contribution in [3.8, 4) is 23.5 Å². The quantitative estimate of drug-likeness (QED) is 0.622. The number of aliphatic carboxylic acids is 1. The standard InChI is InChI=1S/C25H26N2O5/c1-4-13-27(15-23(29)30)22(28)14-25(2,3)26-24(31)32-16-21-19-11-7-5-9-17(19)18-10-6-8-12-20(18)21/h1,5-12,21H,13-16H2,2-3H3,(H,26,31)(H,29,30). The molecule has 7 heteroatoms. The van der Waals surface area contributed by atoms with Crippen LogP contribution in [0.15, 0.2) is 48.5 Å². The van der Waals surface area contributed by atoms with Gasteiger partial charge in [-0.25, -0.2) is 4.79 Å². The molecule has 2 aromatic carbocycles. The third kappa shape index (κ3) is 5.27. The molecular weight excluding hydrogens is 408 g/mol. The van der Waals surface area contributed by atoms with Crippen molar-refractivity contribution < 1.29 is 24.2 Å². The smallest absolute Gasteiger partial charge is 0.407 e. The average Bonchev–Trinajstić information content (AvgIpc) is 3.05. The van der Waals surface area contributed by atoms with Gasteiger partial charge in [0.05, 0.1) is 6.54 Å². The molecule has 3 rings (SSSR count).